The molecule has 0 saturated heterocycles. The van der Waals surface area contributed by atoms with Crippen molar-refractivity contribution in [2.45, 2.75) is 6.92 Å². The second kappa shape index (κ2) is 6.42. The Kier molecular flexibility index (Phi) is 5.18. The summed E-state index contributed by atoms with van der Waals surface area (Å²) in [5.41, 5.74) is 6.03. The van der Waals surface area contributed by atoms with Crippen molar-refractivity contribution >= 4 is 34.8 Å². The molecule has 0 spiro atoms. The van der Waals surface area contributed by atoms with Crippen LogP contribution in [-0.4, -0.2) is 24.2 Å². The molecule has 1 rings (SSSR count). The van der Waals surface area contributed by atoms with E-state index < -0.39 is 5.97 Å². The third-order valence-corrected chi connectivity index (χ3v) is 2.40. The van der Waals surface area contributed by atoms with Crippen molar-refractivity contribution in [3.05, 3.63) is 28.8 Å². The van der Waals surface area contributed by atoms with Gasteiger partial charge in [0.1, 0.15) is 10.7 Å². The van der Waals surface area contributed by atoms with Crippen molar-refractivity contribution in [2.24, 2.45) is 5.73 Å². The minimum Gasteiger partial charge on any atom is -0.482 e. The van der Waals surface area contributed by atoms with Crippen molar-refractivity contribution in [1.82, 2.24) is 0 Å². The minimum atomic E-state index is -0.429. The van der Waals surface area contributed by atoms with Crippen LogP contribution in [0.4, 0.5) is 0 Å². The molecule has 0 aliphatic rings. The average molecular weight is 274 g/mol. The number of nitrogens with two attached hydrogens (primary N) is 1. The van der Waals surface area contributed by atoms with Crippen molar-refractivity contribution in [1.29, 1.82) is 0 Å². The first kappa shape index (κ1) is 13.7. The lowest BCUT2D eigenvalue weighted by molar-refractivity contribution is -0.145. The molecule has 0 atom stereocenters. The molecule has 0 bridgehead atoms. The molecule has 0 amide bonds. The zero-order valence-corrected chi connectivity index (χ0v) is 10.8. The Labute approximate surface area is 110 Å². The highest BCUT2D eigenvalue weighted by Gasteiger charge is 2.07. The number of thiocarbonyl (C=S) groups is 1. The number of hydrogen-bond acceptors (Lipinski definition) is 4. The fourth-order valence-electron chi connectivity index (χ4n) is 1.13. The molecule has 0 unspecified atom stereocenters. The summed E-state index contributed by atoms with van der Waals surface area (Å²) in [6.45, 7) is 1.89. The fraction of sp³-hybridized carbons (Fsp3) is 0.273. The molecule has 0 aliphatic heterocycles. The van der Waals surface area contributed by atoms with E-state index in [0.29, 0.717) is 22.9 Å². The summed E-state index contributed by atoms with van der Waals surface area (Å²) in [5, 5.41) is 0.388. The van der Waals surface area contributed by atoms with Crippen LogP contribution < -0.4 is 10.5 Å². The van der Waals surface area contributed by atoms with Crippen LogP contribution in [0.3, 0.4) is 0 Å². The largest absolute Gasteiger partial charge is 0.482 e. The molecule has 0 saturated carbocycles. The lowest BCUT2D eigenvalue weighted by Gasteiger charge is -2.08. The highest BCUT2D eigenvalue weighted by atomic mass is 35.5. The third kappa shape index (κ3) is 4.20. The number of hydrogen-bond donors (Lipinski definition) is 1. The molecule has 0 heterocycles. The second-order valence-electron chi connectivity index (χ2n) is 3.10. The van der Waals surface area contributed by atoms with Gasteiger partial charge in [-0.05, 0) is 25.1 Å². The normalized spacial score (nSPS) is 9.76. The molecular formula is C11H12ClNO3S. The molecule has 1 aromatic rings. The van der Waals surface area contributed by atoms with Gasteiger partial charge in [0.25, 0.3) is 0 Å². The summed E-state index contributed by atoms with van der Waals surface area (Å²) in [5.74, 6) is 0.0325. The van der Waals surface area contributed by atoms with Crippen LogP contribution in [0.5, 0.6) is 5.75 Å². The third-order valence-electron chi connectivity index (χ3n) is 1.87. The Bertz CT molecular complexity index is 437. The van der Waals surface area contributed by atoms with Crippen molar-refractivity contribution in [3.63, 3.8) is 0 Å². The first-order valence-electron chi connectivity index (χ1n) is 4.92. The van der Waals surface area contributed by atoms with E-state index in [0.717, 1.165) is 0 Å². The van der Waals surface area contributed by atoms with Crippen LogP contribution in [0, 0.1) is 0 Å². The minimum absolute atomic E-state index is 0.156. The second-order valence-corrected chi connectivity index (χ2v) is 3.95. The molecule has 4 nitrogen and oxygen atoms in total. The molecule has 0 aliphatic carbocycles. The molecule has 0 fully saturated rings. The van der Waals surface area contributed by atoms with Gasteiger partial charge in [-0.3, -0.25) is 0 Å². The Hall–Kier alpha value is -1.33. The summed E-state index contributed by atoms with van der Waals surface area (Å²) < 4.78 is 9.91. The summed E-state index contributed by atoms with van der Waals surface area (Å²) >= 11 is 10.7. The molecule has 92 valence electrons. The van der Waals surface area contributed by atoms with E-state index in [1.54, 1.807) is 25.1 Å². The van der Waals surface area contributed by atoms with Gasteiger partial charge in [0.15, 0.2) is 6.61 Å². The first-order chi connectivity index (χ1) is 8.04. The summed E-state index contributed by atoms with van der Waals surface area (Å²) in [4.78, 5) is 11.3. The zero-order chi connectivity index (χ0) is 12.8. The van der Waals surface area contributed by atoms with Gasteiger partial charge in [-0.25, -0.2) is 4.79 Å². The molecular weight excluding hydrogens is 262 g/mol. The molecule has 6 heteroatoms. The van der Waals surface area contributed by atoms with E-state index >= 15 is 0 Å². The molecule has 17 heavy (non-hydrogen) atoms. The Morgan fingerprint density at radius 2 is 2.24 bits per heavy atom. The smallest absolute Gasteiger partial charge is 0.344 e. The Morgan fingerprint density at radius 3 is 2.76 bits per heavy atom. The van der Waals surface area contributed by atoms with Crippen molar-refractivity contribution < 1.29 is 14.3 Å². The maximum absolute atomic E-state index is 11.1. The van der Waals surface area contributed by atoms with Gasteiger partial charge in [0, 0.05) is 5.56 Å². The molecule has 2 N–H and O–H groups in total. The zero-order valence-electron chi connectivity index (χ0n) is 9.23. The maximum atomic E-state index is 11.1. The highest BCUT2D eigenvalue weighted by molar-refractivity contribution is 7.80. The highest BCUT2D eigenvalue weighted by Crippen LogP contribution is 2.22. The number of carbonyl (C=O) groups is 1. The van der Waals surface area contributed by atoms with Crippen LogP contribution in [0.15, 0.2) is 18.2 Å². The topological polar surface area (TPSA) is 61.5 Å². The van der Waals surface area contributed by atoms with Crippen LogP contribution in [-0.2, 0) is 9.53 Å². The first-order valence-corrected chi connectivity index (χ1v) is 5.71. The Balaban J connectivity index is 2.65. The monoisotopic (exact) mass is 273 g/mol. The standard InChI is InChI=1S/C11H12ClNO3S/c1-2-15-10(14)6-16-7-3-4-8(11(13)17)9(12)5-7/h3-5H,2,6H2,1H3,(H2,13,17). The number of ether oxygens (including phenoxy) is 2. The van der Waals surface area contributed by atoms with E-state index in [4.69, 9.17) is 39.0 Å². The summed E-state index contributed by atoms with van der Waals surface area (Å²) in [6.07, 6.45) is 0. The van der Waals surface area contributed by atoms with Crippen LogP contribution in [0.1, 0.15) is 12.5 Å². The van der Waals surface area contributed by atoms with E-state index in [2.05, 4.69) is 0 Å². The number of carbonyl (C=O) groups excluding carboxylic acids is 1. The number of esters is 1. The number of rotatable bonds is 5. The van der Waals surface area contributed by atoms with Gasteiger partial charge in [-0.15, -0.1) is 0 Å². The van der Waals surface area contributed by atoms with Gasteiger partial charge < -0.3 is 15.2 Å². The quantitative estimate of drug-likeness (QED) is 0.656. The molecule has 0 radical (unpaired) electrons. The van der Waals surface area contributed by atoms with Crippen molar-refractivity contribution in [2.75, 3.05) is 13.2 Å². The van der Waals surface area contributed by atoms with E-state index in [-0.39, 0.29) is 11.6 Å². The lowest BCUT2D eigenvalue weighted by atomic mass is 10.2. The molecule has 1 aromatic carbocycles. The van der Waals surface area contributed by atoms with Gasteiger partial charge in [0.05, 0.1) is 11.6 Å². The van der Waals surface area contributed by atoms with E-state index in [1.165, 1.54) is 0 Å². The van der Waals surface area contributed by atoms with Gasteiger partial charge >= 0.3 is 5.97 Å². The van der Waals surface area contributed by atoms with E-state index in [1.807, 2.05) is 0 Å². The predicted octanol–water partition coefficient (Wildman–Crippen LogP) is 1.92. The lowest BCUT2D eigenvalue weighted by Crippen LogP contribution is -2.15. The van der Waals surface area contributed by atoms with Gasteiger partial charge in [-0.1, -0.05) is 23.8 Å². The predicted molar refractivity (Wildman–Crippen MR) is 69.5 cm³/mol. The SMILES string of the molecule is CCOC(=O)COc1ccc(C(N)=S)c(Cl)c1. The maximum Gasteiger partial charge on any atom is 0.344 e. The summed E-state index contributed by atoms with van der Waals surface area (Å²) in [6, 6.07) is 4.83. The van der Waals surface area contributed by atoms with Gasteiger partial charge in [0.2, 0.25) is 0 Å². The van der Waals surface area contributed by atoms with E-state index in [9.17, 15) is 4.79 Å². The molecule has 0 aromatic heterocycles. The van der Waals surface area contributed by atoms with Crippen LogP contribution in [0.25, 0.3) is 0 Å². The summed E-state index contributed by atoms with van der Waals surface area (Å²) in [7, 11) is 0. The van der Waals surface area contributed by atoms with Crippen LogP contribution in [0.2, 0.25) is 5.02 Å². The van der Waals surface area contributed by atoms with Crippen molar-refractivity contribution in [3.8, 4) is 5.75 Å². The Morgan fingerprint density at radius 1 is 1.53 bits per heavy atom. The number of halogens is 1. The van der Waals surface area contributed by atoms with Gasteiger partial charge in [-0.2, -0.15) is 0 Å². The fourth-order valence-corrected chi connectivity index (χ4v) is 1.64. The average Bonchev–Trinajstić information content (AvgIpc) is 2.26. The number of benzene rings is 1. The van der Waals surface area contributed by atoms with Crippen LogP contribution >= 0.6 is 23.8 Å².